The summed E-state index contributed by atoms with van der Waals surface area (Å²) in [6.45, 7) is 0. The van der Waals surface area contributed by atoms with Gasteiger partial charge in [-0.15, -0.1) is 11.3 Å². The number of benzene rings is 1. The molecule has 0 aliphatic heterocycles. The van der Waals surface area contributed by atoms with Gasteiger partial charge in [0.25, 0.3) is 0 Å². The zero-order chi connectivity index (χ0) is 13.7. The molecule has 0 atom stereocenters. The van der Waals surface area contributed by atoms with E-state index in [9.17, 15) is 9.59 Å². The Balaban J connectivity index is 2.09. The first kappa shape index (κ1) is 13.0. The van der Waals surface area contributed by atoms with Gasteiger partial charge in [0.1, 0.15) is 0 Å². The van der Waals surface area contributed by atoms with Crippen LogP contribution in [0.15, 0.2) is 47.9 Å². The number of aromatic carboxylic acids is 1. The van der Waals surface area contributed by atoms with Gasteiger partial charge in [-0.25, -0.2) is 4.79 Å². The molecule has 96 valence electrons. The van der Waals surface area contributed by atoms with Gasteiger partial charge < -0.3 is 10.4 Å². The number of carbonyl (C=O) groups is 2. The number of carboxylic acid groups (broad SMARTS) is 1. The zero-order valence-corrected chi connectivity index (χ0v) is 10.7. The summed E-state index contributed by atoms with van der Waals surface area (Å²) >= 11 is 1.52. The molecule has 5 heteroatoms. The third kappa shape index (κ3) is 3.53. The highest BCUT2D eigenvalue weighted by Crippen LogP contribution is 2.15. The van der Waals surface area contributed by atoms with Crippen LogP contribution in [0.2, 0.25) is 0 Å². The third-order valence-electron chi connectivity index (χ3n) is 2.36. The molecule has 0 fully saturated rings. The minimum atomic E-state index is -1.07. The predicted octanol–water partition coefficient (Wildman–Crippen LogP) is 3.10. The smallest absolute Gasteiger partial charge is 0.337 e. The van der Waals surface area contributed by atoms with Crippen LogP contribution < -0.4 is 5.32 Å². The van der Waals surface area contributed by atoms with E-state index in [0.29, 0.717) is 0 Å². The second-order valence-electron chi connectivity index (χ2n) is 3.69. The Morgan fingerprint density at radius 3 is 2.63 bits per heavy atom. The SMILES string of the molecule is O=C(C=Cc1cccs1)Nc1ccccc1C(=O)O. The average molecular weight is 273 g/mol. The molecule has 1 aromatic heterocycles. The molecule has 0 aliphatic rings. The van der Waals surface area contributed by atoms with E-state index in [4.69, 9.17) is 5.11 Å². The van der Waals surface area contributed by atoms with Gasteiger partial charge in [-0.1, -0.05) is 18.2 Å². The van der Waals surface area contributed by atoms with Crippen LogP contribution in [0.5, 0.6) is 0 Å². The first-order valence-electron chi connectivity index (χ1n) is 5.52. The molecule has 0 radical (unpaired) electrons. The number of hydrogen-bond acceptors (Lipinski definition) is 3. The van der Waals surface area contributed by atoms with E-state index in [0.717, 1.165) is 4.88 Å². The van der Waals surface area contributed by atoms with Crippen molar-refractivity contribution in [1.29, 1.82) is 0 Å². The number of nitrogens with one attached hydrogen (secondary N) is 1. The van der Waals surface area contributed by atoms with Gasteiger partial charge in [0.05, 0.1) is 11.3 Å². The van der Waals surface area contributed by atoms with Gasteiger partial charge in [0.15, 0.2) is 0 Å². The molecule has 2 N–H and O–H groups in total. The highest BCUT2D eigenvalue weighted by molar-refractivity contribution is 7.10. The van der Waals surface area contributed by atoms with Crippen LogP contribution >= 0.6 is 11.3 Å². The Kier molecular flexibility index (Phi) is 4.10. The predicted molar refractivity (Wildman–Crippen MR) is 75.4 cm³/mol. The van der Waals surface area contributed by atoms with Crippen molar-refractivity contribution in [3.63, 3.8) is 0 Å². The van der Waals surface area contributed by atoms with Gasteiger partial charge in [0, 0.05) is 11.0 Å². The van der Waals surface area contributed by atoms with Crippen LogP contribution in [0.25, 0.3) is 6.08 Å². The Hall–Kier alpha value is -2.40. The number of thiophene rings is 1. The highest BCUT2D eigenvalue weighted by Gasteiger charge is 2.09. The van der Waals surface area contributed by atoms with Gasteiger partial charge in [-0.05, 0) is 29.7 Å². The molecule has 19 heavy (non-hydrogen) atoms. The van der Waals surface area contributed by atoms with Crippen LogP contribution in [0.1, 0.15) is 15.2 Å². The number of amides is 1. The molecule has 1 amide bonds. The number of rotatable bonds is 4. The van der Waals surface area contributed by atoms with Crippen molar-refractivity contribution in [2.75, 3.05) is 5.32 Å². The minimum Gasteiger partial charge on any atom is -0.478 e. The number of para-hydroxylation sites is 1. The summed E-state index contributed by atoms with van der Waals surface area (Å²) in [4.78, 5) is 23.6. The summed E-state index contributed by atoms with van der Waals surface area (Å²) in [5, 5.41) is 13.5. The number of anilines is 1. The first-order chi connectivity index (χ1) is 9.16. The van der Waals surface area contributed by atoms with Crippen molar-refractivity contribution in [2.24, 2.45) is 0 Å². The van der Waals surface area contributed by atoms with E-state index in [-0.39, 0.29) is 17.2 Å². The van der Waals surface area contributed by atoms with Crippen molar-refractivity contribution >= 4 is 35.0 Å². The second kappa shape index (κ2) is 5.97. The summed E-state index contributed by atoms with van der Waals surface area (Å²) in [5.74, 6) is -1.43. The summed E-state index contributed by atoms with van der Waals surface area (Å²) < 4.78 is 0. The molecular weight excluding hydrogens is 262 g/mol. The highest BCUT2D eigenvalue weighted by atomic mass is 32.1. The standard InChI is InChI=1S/C14H11NO3S/c16-13(8-7-10-4-3-9-19-10)15-12-6-2-1-5-11(12)14(17)18/h1-9H,(H,15,16)(H,17,18). The normalized spacial score (nSPS) is 10.5. The monoisotopic (exact) mass is 273 g/mol. The maximum absolute atomic E-state index is 11.7. The molecular formula is C14H11NO3S. The lowest BCUT2D eigenvalue weighted by molar-refractivity contribution is -0.111. The molecule has 2 rings (SSSR count). The van der Waals surface area contributed by atoms with Crippen LogP contribution in [-0.2, 0) is 4.79 Å². The number of hydrogen-bond donors (Lipinski definition) is 2. The van der Waals surface area contributed by atoms with Gasteiger partial charge in [-0.3, -0.25) is 4.79 Å². The molecule has 2 aromatic rings. The molecule has 0 aliphatic carbocycles. The lowest BCUT2D eigenvalue weighted by Gasteiger charge is -2.05. The summed E-state index contributed by atoms with van der Waals surface area (Å²) in [5.41, 5.74) is 0.358. The van der Waals surface area contributed by atoms with Crippen LogP contribution in [0, 0.1) is 0 Å². The molecule has 1 aromatic carbocycles. The Labute approximate surface area is 114 Å². The minimum absolute atomic E-state index is 0.0698. The van der Waals surface area contributed by atoms with Crippen LogP contribution in [0.3, 0.4) is 0 Å². The molecule has 4 nitrogen and oxygen atoms in total. The van der Waals surface area contributed by atoms with Crippen LogP contribution in [-0.4, -0.2) is 17.0 Å². The fourth-order valence-electron chi connectivity index (χ4n) is 1.50. The van der Waals surface area contributed by atoms with E-state index < -0.39 is 5.97 Å². The first-order valence-corrected chi connectivity index (χ1v) is 6.39. The maximum atomic E-state index is 11.7. The van der Waals surface area contributed by atoms with Crippen molar-refractivity contribution in [1.82, 2.24) is 0 Å². The Bertz CT molecular complexity index is 617. The lowest BCUT2D eigenvalue weighted by Crippen LogP contribution is -2.11. The second-order valence-corrected chi connectivity index (χ2v) is 4.67. The van der Waals surface area contributed by atoms with E-state index in [1.165, 1.54) is 23.5 Å². The van der Waals surface area contributed by atoms with E-state index >= 15 is 0 Å². The van der Waals surface area contributed by atoms with E-state index in [2.05, 4.69) is 5.32 Å². The molecule has 0 unspecified atom stereocenters. The maximum Gasteiger partial charge on any atom is 0.337 e. The van der Waals surface area contributed by atoms with Crippen LogP contribution in [0.4, 0.5) is 5.69 Å². The summed E-state index contributed by atoms with van der Waals surface area (Å²) in [6.07, 6.45) is 3.06. The Morgan fingerprint density at radius 2 is 1.95 bits per heavy atom. The van der Waals surface area contributed by atoms with Gasteiger partial charge in [-0.2, -0.15) is 0 Å². The zero-order valence-electron chi connectivity index (χ0n) is 9.87. The topological polar surface area (TPSA) is 66.4 Å². The Morgan fingerprint density at radius 1 is 1.16 bits per heavy atom. The van der Waals surface area contributed by atoms with Gasteiger partial charge >= 0.3 is 5.97 Å². The lowest BCUT2D eigenvalue weighted by atomic mass is 10.2. The molecule has 0 saturated heterocycles. The van der Waals surface area contributed by atoms with Crippen molar-refractivity contribution in [2.45, 2.75) is 0 Å². The molecule has 0 spiro atoms. The molecule has 0 bridgehead atoms. The van der Waals surface area contributed by atoms with Crippen molar-refractivity contribution < 1.29 is 14.7 Å². The average Bonchev–Trinajstić information content (AvgIpc) is 2.90. The van der Waals surface area contributed by atoms with Crippen molar-refractivity contribution in [3.05, 3.63) is 58.3 Å². The summed E-state index contributed by atoms with van der Waals surface area (Å²) in [6, 6.07) is 10.1. The molecule has 1 heterocycles. The molecule has 0 saturated carbocycles. The fraction of sp³-hybridized carbons (Fsp3) is 0. The summed E-state index contributed by atoms with van der Waals surface area (Å²) in [7, 11) is 0. The number of carboxylic acids is 1. The quantitative estimate of drug-likeness (QED) is 0.841. The fourth-order valence-corrected chi connectivity index (χ4v) is 2.11. The largest absolute Gasteiger partial charge is 0.478 e. The van der Waals surface area contributed by atoms with Gasteiger partial charge in [0.2, 0.25) is 5.91 Å². The number of carbonyl (C=O) groups excluding carboxylic acids is 1. The van der Waals surface area contributed by atoms with Crippen molar-refractivity contribution in [3.8, 4) is 0 Å². The van der Waals surface area contributed by atoms with E-state index in [1.807, 2.05) is 17.5 Å². The third-order valence-corrected chi connectivity index (χ3v) is 3.20. The van der Waals surface area contributed by atoms with E-state index in [1.54, 1.807) is 24.3 Å².